The molecule has 0 aliphatic heterocycles. The Morgan fingerprint density at radius 1 is 0.706 bits per heavy atom. The summed E-state index contributed by atoms with van der Waals surface area (Å²) in [5.41, 5.74) is 0. The van der Waals surface area contributed by atoms with Gasteiger partial charge in [-0.05, 0) is 86.1 Å². The minimum absolute atomic E-state index is 0.0314. The zero-order chi connectivity index (χ0) is 23.2. The molecule has 2 saturated carbocycles. The lowest BCUT2D eigenvalue weighted by Gasteiger charge is -2.40. The van der Waals surface area contributed by atoms with Crippen molar-refractivity contribution in [2.75, 3.05) is 6.61 Å². The number of rotatable bonds is 7. The van der Waals surface area contributed by atoms with Gasteiger partial charge in [0.15, 0.2) is 21.3 Å². The molecule has 2 aliphatic carbocycles. The Kier molecular flexibility index (Phi) is 7.55. The Hall–Kier alpha value is -2.72. The lowest BCUT2D eigenvalue weighted by Crippen LogP contribution is -2.38. The summed E-state index contributed by atoms with van der Waals surface area (Å²) in [6, 6.07) is 29.3. The topological polar surface area (TPSA) is 35.5 Å². The van der Waals surface area contributed by atoms with E-state index in [1.807, 2.05) is 24.3 Å². The molecule has 4 heteroatoms. The van der Waals surface area contributed by atoms with Crippen LogP contribution < -0.4 is 4.74 Å². The Bertz CT molecular complexity index is 1010. The normalized spacial score (nSPS) is 22.1. The van der Waals surface area contributed by atoms with E-state index < -0.39 is 0 Å². The summed E-state index contributed by atoms with van der Waals surface area (Å²) in [4.78, 5) is 16.3. The average Bonchev–Trinajstić information content (AvgIpc) is 2.90. The van der Waals surface area contributed by atoms with Crippen LogP contribution in [0.2, 0.25) is 0 Å². The molecule has 34 heavy (non-hydrogen) atoms. The van der Waals surface area contributed by atoms with Crippen LogP contribution in [-0.2, 0) is 20.4 Å². The predicted molar refractivity (Wildman–Crippen MR) is 136 cm³/mol. The second-order valence-corrected chi connectivity index (χ2v) is 11.4. The van der Waals surface area contributed by atoms with E-state index in [2.05, 4.69) is 60.7 Å². The molecule has 176 valence electrons. The summed E-state index contributed by atoms with van der Waals surface area (Å²) in [6.07, 6.45) is 8.66. The minimum Gasteiger partial charge on any atom is -0.482 e. The maximum absolute atomic E-state index is 12.6. The average molecular weight is 474 g/mol. The third-order valence-electron chi connectivity index (χ3n) is 7.17. The van der Waals surface area contributed by atoms with E-state index >= 15 is 0 Å². The molecule has 0 heterocycles. The Morgan fingerprint density at radius 2 is 1.29 bits per heavy atom. The summed E-state index contributed by atoms with van der Waals surface area (Å²) in [6.45, 7) is -0.0314. The molecule has 2 fully saturated rings. The predicted octanol–water partition coefficient (Wildman–Crippen LogP) is 7.06. The zero-order valence-electron chi connectivity index (χ0n) is 19.6. The summed E-state index contributed by atoms with van der Waals surface area (Å²) in [5, 5.41) is 0. The van der Waals surface area contributed by atoms with Gasteiger partial charge >= 0.3 is 5.97 Å². The van der Waals surface area contributed by atoms with E-state index in [0.717, 1.165) is 12.3 Å². The highest BCUT2D eigenvalue weighted by Gasteiger charge is 2.37. The van der Waals surface area contributed by atoms with Gasteiger partial charge in [-0.15, -0.1) is 0 Å². The third-order valence-corrected chi connectivity index (χ3v) is 9.40. The fourth-order valence-electron chi connectivity index (χ4n) is 5.56. The summed E-state index contributed by atoms with van der Waals surface area (Å²) in [7, 11) is -0.192. The molecule has 0 aromatic heterocycles. The molecule has 3 unspecified atom stereocenters. The second-order valence-electron chi connectivity index (χ2n) is 9.36. The summed E-state index contributed by atoms with van der Waals surface area (Å²) < 4.78 is 11.7. The van der Waals surface area contributed by atoms with Crippen LogP contribution in [0, 0.1) is 11.8 Å². The molecule has 0 radical (unpaired) electrons. The van der Waals surface area contributed by atoms with Crippen molar-refractivity contribution in [1.29, 1.82) is 0 Å². The highest BCUT2D eigenvalue weighted by molar-refractivity contribution is 7.97. The van der Waals surface area contributed by atoms with Crippen LogP contribution in [0.3, 0.4) is 0 Å². The molecule has 0 amide bonds. The molecule has 5 rings (SSSR count). The van der Waals surface area contributed by atoms with Crippen molar-refractivity contribution in [2.24, 2.45) is 11.8 Å². The number of hydrogen-bond donors (Lipinski definition) is 0. The third kappa shape index (κ3) is 5.50. The van der Waals surface area contributed by atoms with Crippen molar-refractivity contribution < 1.29 is 14.3 Å². The lowest BCUT2D eigenvalue weighted by molar-refractivity contribution is -0.158. The van der Waals surface area contributed by atoms with Gasteiger partial charge in [-0.2, -0.15) is 0 Å². The van der Waals surface area contributed by atoms with Gasteiger partial charge in [-0.3, -0.25) is 0 Å². The molecule has 3 atom stereocenters. The molecule has 3 aromatic rings. The van der Waals surface area contributed by atoms with E-state index in [4.69, 9.17) is 9.47 Å². The van der Waals surface area contributed by atoms with E-state index in [1.165, 1.54) is 53.2 Å². The van der Waals surface area contributed by atoms with Crippen molar-refractivity contribution in [3.63, 3.8) is 0 Å². The number of carbonyl (C=O) groups excluding carboxylic acids is 1. The molecular formula is C30H33O3S+. The zero-order valence-corrected chi connectivity index (χ0v) is 20.4. The van der Waals surface area contributed by atoms with Gasteiger partial charge in [0.05, 0.1) is 10.9 Å². The van der Waals surface area contributed by atoms with Crippen LogP contribution in [-0.4, -0.2) is 18.7 Å². The Balaban J connectivity index is 1.22. The number of fused-ring (bicyclic) bond motifs is 1. The van der Waals surface area contributed by atoms with E-state index in [1.54, 1.807) is 0 Å². The summed E-state index contributed by atoms with van der Waals surface area (Å²) >= 11 is 0. The standard InChI is InChI=1S/C30H33O3S/c31-30(33-29-17-9-11-23-10-7-8-16-28(23)29)22-32-24-18-20-27(21-19-24)34(25-12-3-1-4-13-25)26-14-5-2-6-15-26/h1-6,12-15,18-21,23,28-29H,7-11,16-17,22H2/q+1. The number of esters is 1. The van der Waals surface area contributed by atoms with Crippen LogP contribution in [0.15, 0.2) is 99.6 Å². The SMILES string of the molecule is O=C(COc1ccc([S+](c2ccccc2)c2ccccc2)cc1)OC1CCCC2CCCCC21. The smallest absolute Gasteiger partial charge is 0.344 e. The van der Waals surface area contributed by atoms with Crippen LogP contribution in [0.5, 0.6) is 5.75 Å². The molecular weight excluding hydrogens is 440 g/mol. The van der Waals surface area contributed by atoms with Gasteiger partial charge in [0.25, 0.3) is 0 Å². The quantitative estimate of drug-likeness (QED) is 0.272. The van der Waals surface area contributed by atoms with Gasteiger partial charge in [0.1, 0.15) is 11.9 Å². The fraction of sp³-hybridized carbons (Fsp3) is 0.367. The molecule has 0 bridgehead atoms. The van der Waals surface area contributed by atoms with E-state index in [9.17, 15) is 4.79 Å². The van der Waals surface area contributed by atoms with Crippen LogP contribution in [0.1, 0.15) is 44.9 Å². The molecule has 3 nitrogen and oxygen atoms in total. The van der Waals surface area contributed by atoms with E-state index in [0.29, 0.717) is 11.7 Å². The first-order valence-corrected chi connectivity index (χ1v) is 13.8. The van der Waals surface area contributed by atoms with Gasteiger partial charge < -0.3 is 9.47 Å². The van der Waals surface area contributed by atoms with Gasteiger partial charge in [-0.25, -0.2) is 4.79 Å². The first kappa shape index (κ1) is 23.0. The van der Waals surface area contributed by atoms with Crippen LogP contribution in [0.25, 0.3) is 0 Å². The highest BCUT2D eigenvalue weighted by Crippen LogP contribution is 2.41. The molecule has 0 saturated heterocycles. The number of benzene rings is 3. The monoisotopic (exact) mass is 473 g/mol. The van der Waals surface area contributed by atoms with Crippen molar-refractivity contribution >= 4 is 16.9 Å². The van der Waals surface area contributed by atoms with E-state index in [-0.39, 0.29) is 29.6 Å². The Labute approximate surface area is 205 Å². The molecule has 0 spiro atoms. The van der Waals surface area contributed by atoms with Crippen molar-refractivity contribution in [1.82, 2.24) is 0 Å². The number of hydrogen-bond acceptors (Lipinski definition) is 3. The number of ether oxygens (including phenoxy) is 2. The van der Waals surface area contributed by atoms with Crippen molar-refractivity contribution in [3.8, 4) is 5.75 Å². The fourth-order valence-corrected chi connectivity index (χ4v) is 7.65. The lowest BCUT2D eigenvalue weighted by atomic mass is 9.69. The summed E-state index contributed by atoms with van der Waals surface area (Å²) in [5.74, 6) is 1.76. The van der Waals surface area contributed by atoms with Gasteiger partial charge in [0.2, 0.25) is 0 Å². The minimum atomic E-state index is -0.242. The van der Waals surface area contributed by atoms with Gasteiger partial charge in [-0.1, -0.05) is 55.7 Å². The second kappa shape index (κ2) is 11.1. The molecule has 0 N–H and O–H groups in total. The largest absolute Gasteiger partial charge is 0.482 e. The first-order chi connectivity index (χ1) is 16.8. The van der Waals surface area contributed by atoms with Crippen molar-refractivity contribution in [3.05, 3.63) is 84.9 Å². The highest BCUT2D eigenvalue weighted by atomic mass is 32.2. The molecule has 2 aliphatic rings. The van der Waals surface area contributed by atoms with Crippen LogP contribution in [0.4, 0.5) is 0 Å². The van der Waals surface area contributed by atoms with Gasteiger partial charge in [0, 0.05) is 0 Å². The van der Waals surface area contributed by atoms with Crippen molar-refractivity contribution in [2.45, 2.75) is 65.7 Å². The maximum Gasteiger partial charge on any atom is 0.344 e. The Morgan fingerprint density at radius 3 is 1.97 bits per heavy atom. The molecule has 3 aromatic carbocycles. The van der Waals surface area contributed by atoms with Crippen LogP contribution >= 0.6 is 0 Å². The number of carbonyl (C=O) groups is 1. The maximum atomic E-state index is 12.6. The first-order valence-electron chi connectivity index (χ1n) is 12.5.